The van der Waals surface area contributed by atoms with Gasteiger partial charge in [0.1, 0.15) is 41.2 Å². The van der Waals surface area contributed by atoms with Gasteiger partial charge < -0.3 is 15.2 Å². The van der Waals surface area contributed by atoms with Gasteiger partial charge in [-0.15, -0.1) is 0 Å². The fourth-order valence-electron chi connectivity index (χ4n) is 4.46. The number of nitriles is 1. The van der Waals surface area contributed by atoms with Crippen molar-refractivity contribution in [3.63, 3.8) is 0 Å². The lowest BCUT2D eigenvalue weighted by atomic mass is 10.00. The Kier molecular flexibility index (Phi) is 6.21. The zero-order valence-corrected chi connectivity index (χ0v) is 20.6. The van der Waals surface area contributed by atoms with E-state index in [2.05, 4.69) is 26.0 Å². The highest BCUT2D eigenvalue weighted by Crippen LogP contribution is 2.37. The number of aryl methyl sites for hydroxylation is 2. The summed E-state index contributed by atoms with van der Waals surface area (Å²) in [5, 5.41) is 10.7. The van der Waals surface area contributed by atoms with E-state index in [4.69, 9.17) is 20.2 Å². The average Bonchev–Trinajstić information content (AvgIpc) is 3.08. The van der Waals surface area contributed by atoms with Gasteiger partial charge in [-0.05, 0) is 67.6 Å². The molecule has 2 aromatic heterocycles. The zero-order chi connectivity index (χ0) is 24.6. The van der Waals surface area contributed by atoms with Crippen LogP contribution in [0, 0.1) is 32.1 Å². The van der Waals surface area contributed by atoms with Crippen molar-refractivity contribution in [2.45, 2.75) is 47.1 Å². The van der Waals surface area contributed by atoms with E-state index in [1.807, 2.05) is 61.7 Å². The van der Waals surface area contributed by atoms with Crippen molar-refractivity contribution in [3.8, 4) is 23.3 Å². The van der Waals surface area contributed by atoms with Gasteiger partial charge in [0.2, 0.25) is 0 Å². The molecule has 6 heteroatoms. The Hall–Kier alpha value is -3.98. The van der Waals surface area contributed by atoms with Crippen LogP contribution in [0.15, 0.2) is 42.5 Å². The lowest BCUT2D eigenvalue weighted by Gasteiger charge is -2.18. The second-order valence-electron chi connectivity index (χ2n) is 8.89. The number of pyridine rings is 1. The van der Waals surface area contributed by atoms with E-state index in [1.165, 1.54) is 0 Å². The number of nitrogens with two attached hydrogens (primary N) is 1. The van der Waals surface area contributed by atoms with Crippen LogP contribution in [0.2, 0.25) is 0 Å². The van der Waals surface area contributed by atoms with Crippen LogP contribution in [0.5, 0.6) is 11.5 Å². The molecule has 0 aliphatic carbocycles. The van der Waals surface area contributed by atoms with Crippen molar-refractivity contribution in [1.82, 2.24) is 9.55 Å². The first-order valence-electron chi connectivity index (χ1n) is 11.3. The normalized spacial score (nSPS) is 11.1. The largest absolute Gasteiger partial charge is 0.497 e. The molecule has 34 heavy (non-hydrogen) atoms. The number of methoxy groups -OCH3 is 1. The smallest absolute Gasteiger partial charge is 0.147 e. The summed E-state index contributed by atoms with van der Waals surface area (Å²) < 4.78 is 13.3. The third kappa shape index (κ3) is 3.94. The fraction of sp³-hybridized carbons (Fsp3) is 0.286. The van der Waals surface area contributed by atoms with Crippen molar-refractivity contribution >= 4 is 16.9 Å². The van der Waals surface area contributed by atoms with Crippen molar-refractivity contribution in [2.75, 3.05) is 12.8 Å². The Bertz CT molecular complexity index is 1410. The fourth-order valence-corrected chi connectivity index (χ4v) is 4.46. The van der Waals surface area contributed by atoms with Crippen LogP contribution in [-0.2, 0) is 6.61 Å². The predicted molar refractivity (Wildman–Crippen MR) is 136 cm³/mol. The standard InChI is InChI=1S/C28H30N4O2/c1-16(2)22-13-23-24(14-29)27(30)32(28(23)31-19(22)5)26-17(3)7-12-25(18(26)4)34-15-20-8-10-21(33-6)11-9-20/h7-13,16H,15,30H2,1-6H3. The number of rotatable bonds is 6. The molecule has 0 amide bonds. The SMILES string of the molecule is COc1ccc(COc2ccc(C)c(-n3c(N)c(C#N)c4cc(C(C)C)c(C)nc43)c2C)cc1. The molecule has 2 N–H and O–H groups in total. The number of hydrogen-bond donors (Lipinski definition) is 1. The minimum atomic E-state index is 0.297. The Morgan fingerprint density at radius 2 is 1.79 bits per heavy atom. The first-order valence-corrected chi connectivity index (χ1v) is 11.3. The number of hydrogen-bond acceptors (Lipinski definition) is 5. The number of ether oxygens (including phenoxy) is 2. The summed E-state index contributed by atoms with van der Waals surface area (Å²) >= 11 is 0. The molecule has 0 spiro atoms. The minimum absolute atomic E-state index is 0.297. The number of fused-ring (bicyclic) bond motifs is 1. The molecule has 4 aromatic rings. The Morgan fingerprint density at radius 1 is 1.09 bits per heavy atom. The van der Waals surface area contributed by atoms with Gasteiger partial charge in [-0.3, -0.25) is 4.57 Å². The van der Waals surface area contributed by atoms with Crippen LogP contribution in [-0.4, -0.2) is 16.7 Å². The third-order valence-electron chi connectivity index (χ3n) is 6.30. The molecule has 6 nitrogen and oxygen atoms in total. The van der Waals surface area contributed by atoms with Crippen molar-refractivity contribution in [3.05, 3.63) is 76.0 Å². The maximum atomic E-state index is 9.91. The molecular weight excluding hydrogens is 424 g/mol. The molecule has 0 saturated heterocycles. The quantitative estimate of drug-likeness (QED) is 0.379. The van der Waals surface area contributed by atoms with Crippen LogP contribution in [0.4, 0.5) is 5.82 Å². The molecule has 174 valence electrons. The molecule has 0 unspecified atom stereocenters. The van der Waals surface area contributed by atoms with E-state index in [-0.39, 0.29) is 0 Å². The van der Waals surface area contributed by atoms with Gasteiger partial charge in [-0.2, -0.15) is 5.26 Å². The summed E-state index contributed by atoms with van der Waals surface area (Å²) in [6, 6.07) is 16.1. The first-order chi connectivity index (χ1) is 16.3. The third-order valence-corrected chi connectivity index (χ3v) is 6.30. The van der Waals surface area contributed by atoms with Crippen molar-refractivity contribution in [1.29, 1.82) is 5.26 Å². The first kappa shape index (κ1) is 23.2. The van der Waals surface area contributed by atoms with Crippen LogP contribution in [0.25, 0.3) is 16.7 Å². The summed E-state index contributed by atoms with van der Waals surface area (Å²) in [6.45, 7) is 10.7. The van der Waals surface area contributed by atoms with Crippen LogP contribution in [0.1, 0.15) is 53.3 Å². The number of nitrogen functional groups attached to an aromatic ring is 1. The van der Waals surface area contributed by atoms with E-state index >= 15 is 0 Å². The number of benzene rings is 2. The zero-order valence-electron chi connectivity index (χ0n) is 20.6. The minimum Gasteiger partial charge on any atom is -0.497 e. The molecule has 2 heterocycles. The summed E-state index contributed by atoms with van der Waals surface area (Å²) in [6.07, 6.45) is 0. The van der Waals surface area contributed by atoms with Crippen molar-refractivity contribution in [2.24, 2.45) is 0 Å². The van der Waals surface area contributed by atoms with Gasteiger partial charge in [-0.1, -0.05) is 32.0 Å². The molecule has 0 saturated carbocycles. The maximum absolute atomic E-state index is 9.91. The van der Waals surface area contributed by atoms with E-state index in [0.717, 1.165) is 50.5 Å². The van der Waals surface area contributed by atoms with Gasteiger partial charge in [0.15, 0.2) is 0 Å². The lowest BCUT2D eigenvalue weighted by Crippen LogP contribution is -2.08. The molecule has 0 aliphatic rings. The molecule has 4 rings (SSSR count). The number of anilines is 1. The van der Waals surface area contributed by atoms with Crippen LogP contribution >= 0.6 is 0 Å². The van der Waals surface area contributed by atoms with Gasteiger partial charge in [0, 0.05) is 16.6 Å². The summed E-state index contributed by atoms with van der Waals surface area (Å²) in [4.78, 5) is 4.90. The molecule has 0 bridgehead atoms. The Labute approximate surface area is 200 Å². The molecule has 2 aromatic carbocycles. The molecule has 0 atom stereocenters. The summed E-state index contributed by atoms with van der Waals surface area (Å²) in [5.74, 6) is 2.26. The van der Waals surface area contributed by atoms with Gasteiger partial charge in [0.25, 0.3) is 0 Å². The summed E-state index contributed by atoms with van der Waals surface area (Å²) in [7, 11) is 1.65. The van der Waals surface area contributed by atoms with Gasteiger partial charge in [-0.25, -0.2) is 4.98 Å². The van der Waals surface area contributed by atoms with Gasteiger partial charge in [0.05, 0.1) is 12.8 Å². The topological polar surface area (TPSA) is 86.1 Å². The van der Waals surface area contributed by atoms with Crippen LogP contribution < -0.4 is 15.2 Å². The number of nitrogens with zero attached hydrogens (tertiary/aromatic N) is 3. The molecule has 0 radical (unpaired) electrons. The Morgan fingerprint density at radius 3 is 2.41 bits per heavy atom. The van der Waals surface area contributed by atoms with Crippen molar-refractivity contribution < 1.29 is 9.47 Å². The summed E-state index contributed by atoms with van der Waals surface area (Å²) in [5.41, 5.74) is 13.6. The van der Waals surface area contributed by atoms with E-state index in [0.29, 0.717) is 29.6 Å². The maximum Gasteiger partial charge on any atom is 0.147 e. The molecule has 0 aliphatic heterocycles. The highest BCUT2D eigenvalue weighted by Gasteiger charge is 2.23. The Balaban J connectivity index is 1.83. The van der Waals surface area contributed by atoms with Crippen LogP contribution in [0.3, 0.4) is 0 Å². The monoisotopic (exact) mass is 454 g/mol. The predicted octanol–water partition coefficient (Wildman–Crippen LogP) is 6.12. The molecule has 0 fully saturated rings. The van der Waals surface area contributed by atoms with E-state index in [9.17, 15) is 5.26 Å². The lowest BCUT2D eigenvalue weighted by molar-refractivity contribution is 0.303. The second kappa shape index (κ2) is 9.11. The second-order valence-corrected chi connectivity index (χ2v) is 8.89. The highest BCUT2D eigenvalue weighted by atomic mass is 16.5. The highest BCUT2D eigenvalue weighted by molar-refractivity contribution is 5.92. The van der Waals surface area contributed by atoms with E-state index in [1.54, 1.807) is 7.11 Å². The average molecular weight is 455 g/mol. The number of aromatic nitrogens is 2. The molecular formula is C28H30N4O2. The van der Waals surface area contributed by atoms with E-state index < -0.39 is 0 Å². The van der Waals surface area contributed by atoms with Gasteiger partial charge >= 0.3 is 0 Å².